The van der Waals surface area contributed by atoms with Crippen molar-refractivity contribution in [2.45, 2.75) is 77.1 Å². The first-order chi connectivity index (χ1) is 20.7. The van der Waals surface area contributed by atoms with Gasteiger partial charge in [-0.2, -0.15) is 0 Å². The Morgan fingerprint density at radius 2 is 1.91 bits per heavy atom. The van der Waals surface area contributed by atoms with Crippen LogP contribution in [0.25, 0.3) is 11.0 Å². The second-order valence-electron chi connectivity index (χ2n) is 12.3. The van der Waals surface area contributed by atoms with Gasteiger partial charge in [-0.3, -0.25) is 9.47 Å². The summed E-state index contributed by atoms with van der Waals surface area (Å²) in [6, 6.07) is 7.25. The van der Waals surface area contributed by atoms with Crippen molar-refractivity contribution in [1.82, 2.24) is 29.2 Å². The minimum Gasteiger partial charge on any atom is -0.372 e. The number of piperazine rings is 1. The molecular weight excluding hydrogens is 548 g/mol. The zero-order chi connectivity index (χ0) is 30.9. The number of imidazole rings is 1. The molecule has 3 fully saturated rings. The summed E-state index contributed by atoms with van der Waals surface area (Å²) >= 11 is 0. The van der Waals surface area contributed by atoms with Crippen molar-refractivity contribution >= 4 is 23.4 Å². The highest BCUT2D eigenvalue weighted by atomic mass is 16.5. The Kier molecular flexibility index (Phi) is 12.0. The topological polar surface area (TPSA) is 101 Å². The molecule has 4 heterocycles. The van der Waals surface area contributed by atoms with Crippen LogP contribution >= 0.6 is 0 Å². The highest BCUT2D eigenvalue weighted by Crippen LogP contribution is 2.26. The second kappa shape index (κ2) is 15.7. The number of likely N-dealkylation sites (tertiary alicyclic amines) is 1. The van der Waals surface area contributed by atoms with E-state index in [1.165, 1.54) is 4.57 Å². The van der Waals surface area contributed by atoms with E-state index in [9.17, 15) is 14.4 Å². The summed E-state index contributed by atoms with van der Waals surface area (Å²) in [4.78, 5) is 43.3. The van der Waals surface area contributed by atoms with Crippen LogP contribution in [0.1, 0.15) is 58.9 Å². The number of likely N-dealkylation sites (N-methyl/N-ethyl adjacent to an activating group) is 1. The zero-order valence-corrected chi connectivity index (χ0v) is 26.4. The standard InChI is InChI=1S/C27H42N6O3.C5H8O2/c1-20(2)32-24-9-6-7-10-25(24)33(27(32)35)26(34)28-23-17-21(3)31(22(4)18-23)11-8-16-36-19-30-14-12-29(5)13-15-30;6-4-5-2-1-3-7-5/h6-7,9-10,20,22-23H,3,8,11-19H2,1-2,4-5H3,(H,28,34);4-5H,1-3H2. The van der Waals surface area contributed by atoms with E-state index in [1.54, 1.807) is 4.57 Å². The fourth-order valence-electron chi connectivity index (χ4n) is 6.15. The maximum absolute atomic E-state index is 13.2. The highest BCUT2D eigenvalue weighted by Gasteiger charge is 2.30. The van der Waals surface area contributed by atoms with Crippen molar-refractivity contribution in [2.75, 3.05) is 59.7 Å². The first-order valence-electron chi connectivity index (χ1n) is 15.7. The number of fused-ring (bicyclic) bond motifs is 1. The Morgan fingerprint density at radius 3 is 2.51 bits per heavy atom. The number of hydrogen-bond donors (Lipinski definition) is 1. The molecule has 43 heavy (non-hydrogen) atoms. The number of carbonyl (C=O) groups excluding carboxylic acids is 2. The largest absolute Gasteiger partial charge is 0.372 e. The van der Waals surface area contributed by atoms with Crippen LogP contribution in [0.2, 0.25) is 0 Å². The molecule has 11 nitrogen and oxygen atoms in total. The van der Waals surface area contributed by atoms with Gasteiger partial charge in [-0.25, -0.2) is 14.2 Å². The van der Waals surface area contributed by atoms with Gasteiger partial charge in [0.1, 0.15) is 12.4 Å². The fraction of sp³-hybridized carbons (Fsp3) is 0.656. The lowest BCUT2D eigenvalue weighted by Crippen LogP contribution is -2.50. The second-order valence-corrected chi connectivity index (χ2v) is 12.3. The Hall–Kier alpha value is -2.99. The third-order valence-corrected chi connectivity index (χ3v) is 8.55. The number of aldehydes is 1. The van der Waals surface area contributed by atoms with Crippen molar-refractivity contribution in [3.05, 3.63) is 47.0 Å². The molecule has 0 spiro atoms. The molecule has 3 unspecified atom stereocenters. The number of hydrogen-bond acceptors (Lipinski definition) is 8. The van der Waals surface area contributed by atoms with Crippen molar-refractivity contribution < 1.29 is 19.1 Å². The zero-order valence-electron chi connectivity index (χ0n) is 26.4. The molecule has 5 rings (SSSR count). The third-order valence-electron chi connectivity index (χ3n) is 8.55. The SMILES string of the molecule is C=C1CC(NC(=O)n2c(=O)n(C(C)C)c3ccccc32)CC(C)N1CCCOCN1CCN(C)CC1.O=CC1CCCO1. The van der Waals surface area contributed by atoms with E-state index in [-0.39, 0.29) is 36.0 Å². The summed E-state index contributed by atoms with van der Waals surface area (Å²) in [7, 11) is 2.16. The third kappa shape index (κ3) is 8.56. The van der Waals surface area contributed by atoms with Gasteiger partial charge in [0.25, 0.3) is 0 Å². The Bertz CT molecular complexity index is 1270. The van der Waals surface area contributed by atoms with Gasteiger partial charge in [0.15, 0.2) is 0 Å². The summed E-state index contributed by atoms with van der Waals surface area (Å²) in [5.74, 6) is 0. The van der Waals surface area contributed by atoms with E-state index in [2.05, 4.69) is 40.6 Å². The molecule has 1 aromatic heterocycles. The summed E-state index contributed by atoms with van der Waals surface area (Å²) in [5, 5.41) is 3.11. The number of piperidine rings is 1. The molecule has 238 valence electrons. The maximum Gasteiger partial charge on any atom is 0.337 e. The van der Waals surface area contributed by atoms with Crippen molar-refractivity contribution in [3.8, 4) is 0 Å². The predicted molar refractivity (Wildman–Crippen MR) is 168 cm³/mol. The average molecular weight is 599 g/mol. The molecule has 1 amide bonds. The molecule has 3 aliphatic rings. The summed E-state index contributed by atoms with van der Waals surface area (Å²) in [6.07, 6.45) is 5.18. The summed E-state index contributed by atoms with van der Waals surface area (Å²) in [5.41, 5.74) is 2.13. The molecule has 0 saturated carbocycles. The van der Waals surface area contributed by atoms with E-state index >= 15 is 0 Å². The van der Waals surface area contributed by atoms with Crippen LogP contribution in [-0.2, 0) is 14.3 Å². The van der Waals surface area contributed by atoms with Crippen LogP contribution in [-0.4, -0.2) is 114 Å². The van der Waals surface area contributed by atoms with Crippen LogP contribution in [0.15, 0.2) is 41.3 Å². The van der Waals surface area contributed by atoms with Gasteiger partial charge in [0.05, 0.1) is 24.4 Å². The Labute approximate surface area is 255 Å². The van der Waals surface area contributed by atoms with E-state index in [4.69, 9.17) is 9.47 Å². The lowest BCUT2D eigenvalue weighted by atomic mass is 9.96. The summed E-state index contributed by atoms with van der Waals surface area (Å²) in [6.45, 7) is 17.8. The Balaban J connectivity index is 0.000000530. The van der Waals surface area contributed by atoms with Gasteiger partial charge in [0, 0.05) is 69.6 Å². The highest BCUT2D eigenvalue weighted by molar-refractivity contribution is 5.89. The molecular formula is C32H50N6O5. The van der Waals surface area contributed by atoms with E-state index in [1.807, 2.05) is 38.1 Å². The number of benzene rings is 1. The molecule has 1 N–H and O–H groups in total. The van der Waals surface area contributed by atoms with E-state index in [0.29, 0.717) is 18.7 Å². The van der Waals surface area contributed by atoms with Crippen molar-refractivity contribution in [1.29, 1.82) is 0 Å². The maximum atomic E-state index is 13.2. The molecule has 0 radical (unpaired) electrons. The van der Waals surface area contributed by atoms with E-state index < -0.39 is 0 Å². The van der Waals surface area contributed by atoms with E-state index in [0.717, 1.165) is 89.1 Å². The lowest BCUT2D eigenvalue weighted by Gasteiger charge is -2.41. The molecule has 0 aliphatic carbocycles. The van der Waals surface area contributed by atoms with Crippen molar-refractivity contribution in [3.63, 3.8) is 0 Å². The fourth-order valence-corrected chi connectivity index (χ4v) is 6.15. The molecule has 3 aliphatic heterocycles. The van der Waals surface area contributed by atoms with Crippen LogP contribution in [0.3, 0.4) is 0 Å². The van der Waals surface area contributed by atoms with Gasteiger partial charge in [-0.15, -0.1) is 0 Å². The number of para-hydroxylation sites is 2. The van der Waals surface area contributed by atoms with Crippen LogP contribution in [0.4, 0.5) is 4.79 Å². The van der Waals surface area contributed by atoms with Gasteiger partial charge in [-0.05, 0) is 65.6 Å². The van der Waals surface area contributed by atoms with Crippen molar-refractivity contribution in [2.24, 2.45) is 0 Å². The lowest BCUT2D eigenvalue weighted by molar-refractivity contribution is -0.115. The molecule has 3 saturated heterocycles. The number of nitrogens with one attached hydrogen (secondary N) is 1. The number of amides is 1. The number of rotatable bonds is 9. The smallest absolute Gasteiger partial charge is 0.337 e. The van der Waals surface area contributed by atoms with Gasteiger partial charge in [-0.1, -0.05) is 18.7 Å². The average Bonchev–Trinajstić information content (AvgIpc) is 3.61. The molecule has 11 heteroatoms. The Morgan fingerprint density at radius 1 is 1.19 bits per heavy atom. The van der Waals surface area contributed by atoms with Crippen LogP contribution in [0, 0.1) is 0 Å². The van der Waals surface area contributed by atoms with Gasteiger partial charge in [0.2, 0.25) is 0 Å². The quantitative estimate of drug-likeness (QED) is 0.347. The molecule has 3 atom stereocenters. The first kappa shape index (κ1) is 32.9. The molecule has 2 aromatic rings. The minimum atomic E-state index is -0.369. The van der Waals surface area contributed by atoms with Gasteiger partial charge >= 0.3 is 11.7 Å². The first-order valence-corrected chi connectivity index (χ1v) is 15.7. The number of aromatic nitrogens is 2. The molecule has 0 bridgehead atoms. The number of nitrogens with zero attached hydrogens (tertiary/aromatic N) is 5. The predicted octanol–water partition coefficient (Wildman–Crippen LogP) is 3.28. The monoisotopic (exact) mass is 598 g/mol. The number of ether oxygens (including phenoxy) is 2. The number of carbonyl (C=O) groups is 2. The van der Waals surface area contributed by atoms with Gasteiger partial charge < -0.3 is 29.4 Å². The van der Waals surface area contributed by atoms with Crippen LogP contribution < -0.4 is 11.0 Å². The molecule has 1 aromatic carbocycles. The normalized spacial score (nSPS) is 23.4. The minimum absolute atomic E-state index is 0.0370. The summed E-state index contributed by atoms with van der Waals surface area (Å²) < 4.78 is 13.8. The van der Waals surface area contributed by atoms with Crippen LogP contribution in [0.5, 0.6) is 0 Å².